The molecule has 0 spiro atoms. The van der Waals surface area contributed by atoms with Crippen molar-refractivity contribution in [3.8, 4) is 0 Å². The molecule has 1 fully saturated rings. The van der Waals surface area contributed by atoms with Gasteiger partial charge in [-0.3, -0.25) is 0 Å². The quantitative estimate of drug-likeness (QED) is 0.419. The molecule has 114 valence electrons. The van der Waals surface area contributed by atoms with Gasteiger partial charge in [0.2, 0.25) is 0 Å². The molecule has 0 aliphatic carbocycles. The fourth-order valence-electron chi connectivity index (χ4n) is 2.12. The number of carbonyl (C=O) groups excluding carboxylic acids is 1. The highest BCUT2D eigenvalue weighted by atomic mass is 16.6. The average molecular weight is 290 g/mol. The van der Waals surface area contributed by atoms with E-state index in [1.165, 1.54) is 6.08 Å². The third kappa shape index (κ3) is 4.99. The monoisotopic (exact) mass is 290 g/mol. The Morgan fingerprint density at radius 1 is 1.43 bits per heavy atom. The molecular weight excluding hydrogens is 268 g/mol. The number of rotatable bonds is 8. The second-order valence-electron chi connectivity index (χ2n) is 4.90. The van der Waals surface area contributed by atoms with Crippen molar-refractivity contribution in [1.82, 2.24) is 0 Å². The van der Waals surface area contributed by atoms with E-state index in [1.54, 1.807) is 13.0 Å². The third-order valence-corrected chi connectivity index (χ3v) is 3.28. The standard InChI is InChI=1S/C17H22O4/c1-3-16(21-12-14-11-20-14)15-8-6-5-7-13(15)9-10-17(18)19-4-2/h5-10,14,16H,3-4,11-12H2,1-2H3/b10-9+/t14-,16-/m1/s1. The zero-order valence-corrected chi connectivity index (χ0v) is 12.6. The Morgan fingerprint density at radius 3 is 2.86 bits per heavy atom. The van der Waals surface area contributed by atoms with Crippen LogP contribution in [0, 0.1) is 0 Å². The van der Waals surface area contributed by atoms with E-state index in [-0.39, 0.29) is 18.2 Å². The van der Waals surface area contributed by atoms with Crippen LogP contribution >= 0.6 is 0 Å². The summed E-state index contributed by atoms with van der Waals surface area (Å²) in [4.78, 5) is 11.4. The van der Waals surface area contributed by atoms with Crippen LogP contribution in [0.2, 0.25) is 0 Å². The molecule has 0 aromatic heterocycles. The molecule has 1 heterocycles. The van der Waals surface area contributed by atoms with Crippen LogP contribution in [-0.2, 0) is 19.0 Å². The number of hydrogen-bond acceptors (Lipinski definition) is 4. The van der Waals surface area contributed by atoms with E-state index in [1.807, 2.05) is 24.3 Å². The van der Waals surface area contributed by atoms with Gasteiger partial charge in [-0.1, -0.05) is 31.2 Å². The van der Waals surface area contributed by atoms with Crippen LogP contribution < -0.4 is 0 Å². The van der Waals surface area contributed by atoms with Crippen LogP contribution in [0.1, 0.15) is 37.5 Å². The van der Waals surface area contributed by atoms with E-state index in [4.69, 9.17) is 14.2 Å². The van der Waals surface area contributed by atoms with Gasteiger partial charge in [0.25, 0.3) is 0 Å². The number of benzene rings is 1. The molecule has 21 heavy (non-hydrogen) atoms. The zero-order valence-electron chi connectivity index (χ0n) is 12.6. The lowest BCUT2D eigenvalue weighted by molar-refractivity contribution is -0.137. The SMILES string of the molecule is CCOC(=O)/C=C/c1ccccc1[C@@H](CC)OC[C@H]1CO1. The van der Waals surface area contributed by atoms with Crippen molar-refractivity contribution in [3.63, 3.8) is 0 Å². The van der Waals surface area contributed by atoms with Gasteiger partial charge in [-0.05, 0) is 30.5 Å². The van der Waals surface area contributed by atoms with Gasteiger partial charge in [0.1, 0.15) is 6.10 Å². The Bertz CT molecular complexity index is 491. The van der Waals surface area contributed by atoms with Crippen molar-refractivity contribution in [2.75, 3.05) is 19.8 Å². The molecule has 1 aromatic rings. The molecule has 1 aliphatic heterocycles. The molecule has 0 amide bonds. The smallest absolute Gasteiger partial charge is 0.330 e. The van der Waals surface area contributed by atoms with Crippen LogP contribution in [0.5, 0.6) is 0 Å². The largest absolute Gasteiger partial charge is 0.463 e. The lowest BCUT2D eigenvalue weighted by Gasteiger charge is -2.18. The molecule has 4 heteroatoms. The van der Waals surface area contributed by atoms with Crippen molar-refractivity contribution in [2.45, 2.75) is 32.5 Å². The highest BCUT2D eigenvalue weighted by Gasteiger charge is 2.24. The molecule has 2 rings (SSSR count). The molecule has 1 aromatic carbocycles. The first-order chi connectivity index (χ1) is 10.2. The summed E-state index contributed by atoms with van der Waals surface area (Å²) < 4.78 is 16.0. The average Bonchev–Trinajstić information content (AvgIpc) is 3.31. The predicted octanol–water partition coefficient (Wildman–Crippen LogP) is 3.13. The topological polar surface area (TPSA) is 48.1 Å². The normalized spacial score (nSPS) is 18.7. The first kappa shape index (κ1) is 15.7. The van der Waals surface area contributed by atoms with Crippen LogP contribution in [0.15, 0.2) is 30.3 Å². The van der Waals surface area contributed by atoms with Gasteiger partial charge in [0, 0.05) is 6.08 Å². The van der Waals surface area contributed by atoms with Crippen LogP contribution in [-0.4, -0.2) is 31.9 Å². The Morgan fingerprint density at radius 2 is 2.19 bits per heavy atom. The lowest BCUT2D eigenvalue weighted by Crippen LogP contribution is -2.09. The minimum atomic E-state index is -0.326. The number of epoxide rings is 1. The minimum Gasteiger partial charge on any atom is -0.463 e. The summed E-state index contributed by atoms with van der Waals surface area (Å²) in [5.41, 5.74) is 2.07. The molecule has 1 saturated heterocycles. The Kier molecular flexibility index (Phi) is 5.96. The fraction of sp³-hybridized carbons (Fsp3) is 0.471. The Balaban J connectivity index is 2.07. The summed E-state index contributed by atoms with van der Waals surface area (Å²) in [7, 11) is 0. The minimum absolute atomic E-state index is 0.0113. The summed E-state index contributed by atoms with van der Waals surface area (Å²) in [6.07, 6.45) is 4.38. The maximum absolute atomic E-state index is 11.4. The van der Waals surface area contributed by atoms with Gasteiger partial charge >= 0.3 is 5.97 Å². The first-order valence-electron chi connectivity index (χ1n) is 7.41. The van der Waals surface area contributed by atoms with Gasteiger partial charge in [-0.15, -0.1) is 0 Å². The van der Waals surface area contributed by atoms with Crippen molar-refractivity contribution in [2.24, 2.45) is 0 Å². The summed E-state index contributed by atoms with van der Waals surface area (Å²) >= 11 is 0. The number of carbonyl (C=O) groups is 1. The molecule has 0 bridgehead atoms. The summed E-state index contributed by atoms with van der Waals surface area (Å²) in [5.74, 6) is -0.326. The van der Waals surface area contributed by atoms with E-state index in [0.717, 1.165) is 24.2 Å². The summed E-state index contributed by atoms with van der Waals surface area (Å²) in [6, 6.07) is 7.94. The zero-order chi connectivity index (χ0) is 15.1. The first-order valence-corrected chi connectivity index (χ1v) is 7.41. The van der Waals surface area contributed by atoms with Crippen molar-refractivity contribution in [3.05, 3.63) is 41.5 Å². The highest BCUT2D eigenvalue weighted by molar-refractivity contribution is 5.87. The van der Waals surface area contributed by atoms with Gasteiger partial charge < -0.3 is 14.2 Å². The third-order valence-electron chi connectivity index (χ3n) is 3.28. The van der Waals surface area contributed by atoms with Crippen LogP contribution in [0.3, 0.4) is 0 Å². The van der Waals surface area contributed by atoms with E-state index in [2.05, 4.69) is 6.92 Å². The molecule has 1 aliphatic rings. The maximum Gasteiger partial charge on any atom is 0.330 e. The second kappa shape index (κ2) is 7.96. The molecule has 0 radical (unpaired) electrons. The lowest BCUT2D eigenvalue weighted by atomic mass is 10.00. The number of hydrogen-bond donors (Lipinski definition) is 0. The molecule has 0 saturated carbocycles. The van der Waals surface area contributed by atoms with E-state index in [9.17, 15) is 4.79 Å². The van der Waals surface area contributed by atoms with Gasteiger partial charge in [0.05, 0.1) is 25.9 Å². The Labute approximate surface area is 125 Å². The molecule has 0 N–H and O–H groups in total. The summed E-state index contributed by atoms with van der Waals surface area (Å²) in [6.45, 7) is 5.67. The van der Waals surface area contributed by atoms with Crippen LogP contribution in [0.25, 0.3) is 6.08 Å². The summed E-state index contributed by atoms with van der Waals surface area (Å²) in [5, 5.41) is 0. The van der Waals surface area contributed by atoms with Crippen molar-refractivity contribution in [1.29, 1.82) is 0 Å². The second-order valence-corrected chi connectivity index (χ2v) is 4.90. The molecule has 0 unspecified atom stereocenters. The number of esters is 1. The van der Waals surface area contributed by atoms with E-state index in [0.29, 0.717) is 13.2 Å². The molecule has 2 atom stereocenters. The van der Waals surface area contributed by atoms with Crippen LogP contribution in [0.4, 0.5) is 0 Å². The van der Waals surface area contributed by atoms with Gasteiger partial charge in [-0.2, -0.15) is 0 Å². The number of ether oxygens (including phenoxy) is 3. The van der Waals surface area contributed by atoms with Gasteiger partial charge in [0.15, 0.2) is 0 Å². The predicted molar refractivity (Wildman–Crippen MR) is 80.8 cm³/mol. The maximum atomic E-state index is 11.4. The fourth-order valence-corrected chi connectivity index (χ4v) is 2.12. The molecular formula is C17H22O4. The van der Waals surface area contributed by atoms with E-state index >= 15 is 0 Å². The highest BCUT2D eigenvalue weighted by Crippen LogP contribution is 2.27. The van der Waals surface area contributed by atoms with Gasteiger partial charge in [-0.25, -0.2) is 4.79 Å². The molecule has 4 nitrogen and oxygen atoms in total. The Hall–Kier alpha value is -1.65. The van der Waals surface area contributed by atoms with E-state index < -0.39 is 0 Å². The van der Waals surface area contributed by atoms with Crippen molar-refractivity contribution < 1.29 is 19.0 Å². The van der Waals surface area contributed by atoms with Crippen molar-refractivity contribution >= 4 is 12.0 Å².